The van der Waals surface area contributed by atoms with E-state index in [0.29, 0.717) is 5.88 Å². The van der Waals surface area contributed by atoms with Crippen molar-refractivity contribution in [1.29, 1.82) is 0 Å². The SMILES string of the molecule is COc1ncccc1C(C)(C)C=O. The molecule has 3 nitrogen and oxygen atoms in total. The summed E-state index contributed by atoms with van der Waals surface area (Å²) in [7, 11) is 1.55. The van der Waals surface area contributed by atoms with Crippen LogP contribution < -0.4 is 4.74 Å². The first kappa shape index (κ1) is 9.71. The van der Waals surface area contributed by atoms with Gasteiger partial charge in [-0.05, 0) is 19.9 Å². The quantitative estimate of drug-likeness (QED) is 0.661. The van der Waals surface area contributed by atoms with E-state index in [1.54, 1.807) is 19.4 Å². The van der Waals surface area contributed by atoms with Crippen molar-refractivity contribution in [2.45, 2.75) is 19.3 Å². The molecule has 0 atom stereocenters. The Kier molecular flexibility index (Phi) is 2.66. The lowest BCUT2D eigenvalue weighted by Gasteiger charge is -2.18. The Labute approximate surface area is 77.8 Å². The minimum Gasteiger partial charge on any atom is -0.481 e. The van der Waals surface area contributed by atoms with Gasteiger partial charge in [0.25, 0.3) is 0 Å². The van der Waals surface area contributed by atoms with Crippen LogP contribution in [0, 0.1) is 0 Å². The number of hydrogen-bond acceptors (Lipinski definition) is 3. The summed E-state index contributed by atoms with van der Waals surface area (Å²) in [5, 5.41) is 0. The molecule has 0 aliphatic heterocycles. The molecule has 3 heteroatoms. The fourth-order valence-corrected chi connectivity index (χ4v) is 1.11. The molecule has 1 rings (SSSR count). The Hall–Kier alpha value is -1.38. The van der Waals surface area contributed by atoms with Gasteiger partial charge in [0.05, 0.1) is 12.5 Å². The van der Waals surface area contributed by atoms with Crippen molar-refractivity contribution >= 4 is 6.29 Å². The lowest BCUT2D eigenvalue weighted by molar-refractivity contribution is -0.111. The Morgan fingerprint density at radius 3 is 2.77 bits per heavy atom. The van der Waals surface area contributed by atoms with Gasteiger partial charge in [0, 0.05) is 11.8 Å². The van der Waals surface area contributed by atoms with Gasteiger partial charge in [-0.15, -0.1) is 0 Å². The Morgan fingerprint density at radius 1 is 1.54 bits per heavy atom. The molecule has 0 N–H and O–H groups in total. The van der Waals surface area contributed by atoms with E-state index in [4.69, 9.17) is 4.74 Å². The standard InChI is InChI=1S/C10H13NO2/c1-10(2,7-12)8-5-4-6-11-9(8)13-3/h4-7H,1-3H3. The van der Waals surface area contributed by atoms with Gasteiger partial charge in [-0.2, -0.15) is 0 Å². The molecular formula is C10H13NO2. The third-order valence-electron chi connectivity index (χ3n) is 1.95. The van der Waals surface area contributed by atoms with Crippen molar-refractivity contribution in [1.82, 2.24) is 4.98 Å². The average molecular weight is 179 g/mol. The first-order valence-electron chi connectivity index (χ1n) is 4.07. The van der Waals surface area contributed by atoms with Crippen LogP contribution in [0.1, 0.15) is 19.4 Å². The molecule has 0 aliphatic carbocycles. The zero-order valence-electron chi connectivity index (χ0n) is 8.07. The molecule has 0 saturated carbocycles. The number of nitrogens with zero attached hydrogens (tertiary/aromatic N) is 1. The highest BCUT2D eigenvalue weighted by atomic mass is 16.5. The monoisotopic (exact) mass is 179 g/mol. The molecule has 0 amide bonds. The van der Waals surface area contributed by atoms with Gasteiger partial charge in [-0.3, -0.25) is 0 Å². The lowest BCUT2D eigenvalue weighted by atomic mass is 9.87. The van der Waals surface area contributed by atoms with Crippen LogP contribution in [0.5, 0.6) is 5.88 Å². The van der Waals surface area contributed by atoms with Crippen molar-refractivity contribution in [3.8, 4) is 5.88 Å². The second-order valence-electron chi connectivity index (χ2n) is 3.40. The van der Waals surface area contributed by atoms with Crippen molar-refractivity contribution in [2.24, 2.45) is 0 Å². The minimum atomic E-state index is -0.542. The van der Waals surface area contributed by atoms with Crippen molar-refractivity contribution in [3.63, 3.8) is 0 Å². The highest BCUT2D eigenvalue weighted by Crippen LogP contribution is 2.27. The van der Waals surface area contributed by atoms with E-state index in [2.05, 4.69) is 4.98 Å². The summed E-state index contributed by atoms with van der Waals surface area (Å²) in [6.07, 6.45) is 2.54. The highest BCUT2D eigenvalue weighted by molar-refractivity contribution is 5.68. The van der Waals surface area contributed by atoms with Crippen LogP contribution in [0.25, 0.3) is 0 Å². The Balaban J connectivity index is 3.20. The number of ether oxygens (including phenoxy) is 1. The molecule has 0 spiro atoms. The summed E-state index contributed by atoms with van der Waals surface area (Å²) in [5.41, 5.74) is 0.270. The van der Waals surface area contributed by atoms with Crippen LogP contribution >= 0.6 is 0 Å². The van der Waals surface area contributed by atoms with E-state index < -0.39 is 5.41 Å². The number of rotatable bonds is 3. The number of hydrogen-bond donors (Lipinski definition) is 0. The molecule has 0 unspecified atom stereocenters. The molecule has 0 aliphatic rings. The maximum Gasteiger partial charge on any atom is 0.217 e. The van der Waals surface area contributed by atoms with Gasteiger partial charge in [-0.25, -0.2) is 4.98 Å². The molecule has 0 bridgehead atoms. The fraction of sp³-hybridized carbons (Fsp3) is 0.400. The first-order valence-corrected chi connectivity index (χ1v) is 4.07. The zero-order valence-corrected chi connectivity index (χ0v) is 8.07. The summed E-state index contributed by atoms with van der Waals surface area (Å²) in [6, 6.07) is 3.64. The number of aldehydes is 1. The molecule has 0 aromatic carbocycles. The second-order valence-corrected chi connectivity index (χ2v) is 3.40. The number of methoxy groups -OCH3 is 1. The molecule has 70 valence electrons. The molecule has 1 aromatic heterocycles. The van der Waals surface area contributed by atoms with Gasteiger partial charge in [0.2, 0.25) is 5.88 Å². The van der Waals surface area contributed by atoms with E-state index >= 15 is 0 Å². The highest BCUT2D eigenvalue weighted by Gasteiger charge is 2.23. The average Bonchev–Trinajstić information content (AvgIpc) is 2.18. The van der Waals surface area contributed by atoms with E-state index in [9.17, 15) is 4.79 Å². The third-order valence-corrected chi connectivity index (χ3v) is 1.95. The van der Waals surface area contributed by atoms with Gasteiger partial charge < -0.3 is 9.53 Å². The number of pyridine rings is 1. The van der Waals surface area contributed by atoms with E-state index in [0.717, 1.165) is 11.8 Å². The summed E-state index contributed by atoms with van der Waals surface area (Å²) in [5.74, 6) is 0.514. The maximum absolute atomic E-state index is 10.8. The maximum atomic E-state index is 10.8. The Morgan fingerprint density at radius 2 is 2.23 bits per heavy atom. The lowest BCUT2D eigenvalue weighted by Crippen LogP contribution is -2.20. The summed E-state index contributed by atoms with van der Waals surface area (Å²) in [6.45, 7) is 3.67. The number of carbonyl (C=O) groups excluding carboxylic acids is 1. The van der Waals surface area contributed by atoms with E-state index in [1.165, 1.54) is 0 Å². The predicted molar refractivity (Wildman–Crippen MR) is 49.9 cm³/mol. The van der Waals surface area contributed by atoms with Gasteiger partial charge in [0.1, 0.15) is 6.29 Å². The van der Waals surface area contributed by atoms with Crippen LogP contribution in [0.15, 0.2) is 18.3 Å². The number of aromatic nitrogens is 1. The van der Waals surface area contributed by atoms with Crippen LogP contribution in [0.3, 0.4) is 0 Å². The predicted octanol–water partition coefficient (Wildman–Crippen LogP) is 1.57. The van der Waals surface area contributed by atoms with Crippen LogP contribution in [-0.2, 0) is 10.2 Å². The van der Waals surface area contributed by atoms with Crippen molar-refractivity contribution < 1.29 is 9.53 Å². The minimum absolute atomic E-state index is 0.514. The second kappa shape index (κ2) is 3.56. The molecule has 13 heavy (non-hydrogen) atoms. The zero-order chi connectivity index (χ0) is 9.90. The largest absolute Gasteiger partial charge is 0.481 e. The van der Waals surface area contributed by atoms with Crippen molar-refractivity contribution in [2.75, 3.05) is 7.11 Å². The third kappa shape index (κ3) is 1.86. The van der Waals surface area contributed by atoms with Crippen molar-refractivity contribution in [3.05, 3.63) is 23.9 Å². The van der Waals surface area contributed by atoms with Gasteiger partial charge >= 0.3 is 0 Å². The fourth-order valence-electron chi connectivity index (χ4n) is 1.11. The summed E-state index contributed by atoms with van der Waals surface area (Å²) >= 11 is 0. The first-order chi connectivity index (χ1) is 6.11. The number of carbonyl (C=O) groups is 1. The molecule has 1 aromatic rings. The van der Waals surface area contributed by atoms with E-state index in [-0.39, 0.29) is 0 Å². The van der Waals surface area contributed by atoms with Crippen LogP contribution in [-0.4, -0.2) is 18.4 Å². The molecule has 0 radical (unpaired) electrons. The topological polar surface area (TPSA) is 39.2 Å². The summed E-state index contributed by atoms with van der Waals surface area (Å²) in [4.78, 5) is 14.8. The van der Waals surface area contributed by atoms with Gasteiger partial charge in [0.15, 0.2) is 0 Å². The van der Waals surface area contributed by atoms with Gasteiger partial charge in [-0.1, -0.05) is 6.07 Å². The van der Waals surface area contributed by atoms with Crippen LogP contribution in [0.4, 0.5) is 0 Å². The molecule has 1 heterocycles. The Bertz CT molecular complexity index is 308. The normalized spacial score (nSPS) is 11.0. The van der Waals surface area contributed by atoms with E-state index in [1.807, 2.05) is 19.9 Å². The molecular weight excluding hydrogens is 166 g/mol. The summed E-state index contributed by atoms with van der Waals surface area (Å²) < 4.78 is 5.06. The molecule has 0 fully saturated rings. The molecule has 0 saturated heterocycles. The smallest absolute Gasteiger partial charge is 0.217 e. The van der Waals surface area contributed by atoms with Crippen LogP contribution in [0.2, 0.25) is 0 Å².